The minimum absolute atomic E-state index is 0.120. The fourth-order valence-corrected chi connectivity index (χ4v) is 5.71. The van der Waals surface area contributed by atoms with Gasteiger partial charge in [0.2, 0.25) is 23.6 Å². The van der Waals surface area contributed by atoms with Gasteiger partial charge in [0, 0.05) is 31.2 Å². The number of hydrogen-bond donors (Lipinski definition) is 5. The number of carbonyl (C=O) groups excluding carboxylic acids is 4. The van der Waals surface area contributed by atoms with Gasteiger partial charge in [-0.1, -0.05) is 60.7 Å². The van der Waals surface area contributed by atoms with Gasteiger partial charge in [-0.2, -0.15) is 0 Å². The highest BCUT2D eigenvalue weighted by Gasteiger charge is 2.35. The van der Waals surface area contributed by atoms with E-state index in [0.29, 0.717) is 19.4 Å². The van der Waals surface area contributed by atoms with Crippen molar-refractivity contribution in [2.45, 2.75) is 43.9 Å². The summed E-state index contributed by atoms with van der Waals surface area (Å²) in [5.74, 6) is -2.27. The average Bonchev–Trinajstić information content (AvgIpc) is 3.70. The lowest BCUT2D eigenvalue weighted by Crippen LogP contribution is -2.55. The highest BCUT2D eigenvalue weighted by Crippen LogP contribution is 2.20. The van der Waals surface area contributed by atoms with E-state index >= 15 is 0 Å². The highest BCUT2D eigenvalue weighted by molar-refractivity contribution is 5.93. The van der Waals surface area contributed by atoms with Crippen molar-refractivity contribution in [2.75, 3.05) is 13.1 Å². The van der Waals surface area contributed by atoms with E-state index < -0.39 is 35.9 Å². The zero-order valence-corrected chi connectivity index (χ0v) is 24.8. The van der Waals surface area contributed by atoms with Gasteiger partial charge >= 0.3 is 0 Å². The molecular weight excluding hydrogens is 572 g/mol. The van der Waals surface area contributed by atoms with Gasteiger partial charge in [-0.25, -0.2) is 0 Å². The molecule has 1 aliphatic heterocycles. The first-order chi connectivity index (χ1) is 21.7. The number of amides is 4. The summed E-state index contributed by atoms with van der Waals surface area (Å²) >= 11 is 0. The van der Waals surface area contributed by atoms with E-state index in [1.165, 1.54) is 0 Å². The molecule has 0 saturated carbocycles. The Labute approximate surface area is 261 Å². The molecule has 11 heteroatoms. The number of nitrogens with two attached hydrogens (primary N) is 2. The Morgan fingerprint density at radius 3 is 2.27 bits per heavy atom. The maximum Gasteiger partial charge on any atom is 0.245 e. The van der Waals surface area contributed by atoms with Crippen LogP contribution < -0.4 is 22.1 Å². The van der Waals surface area contributed by atoms with Crippen molar-refractivity contribution in [1.29, 1.82) is 0 Å². The summed E-state index contributed by atoms with van der Waals surface area (Å²) in [6.45, 7) is 0.654. The van der Waals surface area contributed by atoms with Gasteiger partial charge in [-0.05, 0) is 53.6 Å². The van der Waals surface area contributed by atoms with Gasteiger partial charge in [0.25, 0.3) is 0 Å². The Bertz CT molecular complexity index is 1650. The Kier molecular flexibility index (Phi) is 9.79. The predicted molar refractivity (Wildman–Crippen MR) is 170 cm³/mol. The van der Waals surface area contributed by atoms with Crippen LogP contribution in [0.2, 0.25) is 0 Å². The molecule has 5 rings (SSSR count). The van der Waals surface area contributed by atoms with Crippen molar-refractivity contribution < 1.29 is 24.3 Å². The minimum atomic E-state index is -1.02. The molecule has 234 valence electrons. The fraction of sp³-hybridized carbons (Fsp3) is 0.294. The van der Waals surface area contributed by atoms with Crippen LogP contribution >= 0.6 is 0 Å². The van der Waals surface area contributed by atoms with E-state index in [1.54, 1.807) is 29.2 Å². The summed E-state index contributed by atoms with van der Waals surface area (Å²) in [5.41, 5.74) is 14.4. The molecule has 0 radical (unpaired) electrons. The SMILES string of the molecule is NC(=O)[C@H](Cc1ccccc1)NC(=O)[C@H](Cn1ccc2ccccc21)NC(=O)[C@H]1CCN(C(=O)[C@@H](N)Cc2ccc(O)cc2)C1. The van der Waals surface area contributed by atoms with Crippen LogP contribution in [0.15, 0.2) is 91.1 Å². The molecule has 1 fully saturated rings. The second kappa shape index (κ2) is 14.1. The van der Waals surface area contributed by atoms with Crippen molar-refractivity contribution >= 4 is 34.5 Å². The van der Waals surface area contributed by atoms with Crippen LogP contribution in [0.3, 0.4) is 0 Å². The molecule has 1 aromatic heterocycles. The third-order valence-corrected chi connectivity index (χ3v) is 8.21. The van der Waals surface area contributed by atoms with Gasteiger partial charge in [0.05, 0.1) is 18.5 Å². The van der Waals surface area contributed by atoms with E-state index in [0.717, 1.165) is 22.0 Å². The van der Waals surface area contributed by atoms with Gasteiger partial charge in [-0.3, -0.25) is 19.2 Å². The molecule has 45 heavy (non-hydrogen) atoms. The van der Waals surface area contributed by atoms with Crippen molar-refractivity contribution in [1.82, 2.24) is 20.1 Å². The van der Waals surface area contributed by atoms with Gasteiger partial charge in [0.15, 0.2) is 0 Å². The maximum absolute atomic E-state index is 13.7. The van der Waals surface area contributed by atoms with Gasteiger partial charge < -0.3 is 36.7 Å². The summed E-state index contributed by atoms with van der Waals surface area (Å²) in [4.78, 5) is 54.2. The summed E-state index contributed by atoms with van der Waals surface area (Å²) in [5, 5.41) is 16.1. The lowest BCUT2D eigenvalue weighted by molar-refractivity contribution is -0.134. The van der Waals surface area contributed by atoms with Gasteiger partial charge in [-0.15, -0.1) is 0 Å². The number of likely N-dealkylation sites (tertiary alicyclic amines) is 1. The molecule has 1 saturated heterocycles. The van der Waals surface area contributed by atoms with Crippen LogP contribution in [0.4, 0.5) is 0 Å². The highest BCUT2D eigenvalue weighted by atomic mass is 16.3. The Morgan fingerprint density at radius 2 is 1.53 bits per heavy atom. The van der Waals surface area contributed by atoms with Gasteiger partial charge in [0.1, 0.15) is 17.8 Å². The third-order valence-electron chi connectivity index (χ3n) is 8.21. The zero-order chi connectivity index (χ0) is 31.9. The van der Waals surface area contributed by atoms with Crippen molar-refractivity contribution in [3.05, 3.63) is 102 Å². The topological polar surface area (TPSA) is 173 Å². The molecule has 0 bridgehead atoms. The molecule has 3 aromatic carbocycles. The summed E-state index contributed by atoms with van der Waals surface area (Å²) < 4.78 is 1.88. The molecule has 0 aliphatic carbocycles. The van der Waals surface area contributed by atoms with E-state index in [-0.39, 0.29) is 37.1 Å². The molecule has 11 nitrogen and oxygen atoms in total. The average molecular weight is 611 g/mol. The number of aromatic hydroxyl groups is 1. The molecule has 4 amide bonds. The monoisotopic (exact) mass is 610 g/mol. The van der Waals surface area contributed by atoms with Crippen LogP contribution in [0, 0.1) is 5.92 Å². The Morgan fingerprint density at radius 1 is 0.844 bits per heavy atom. The predicted octanol–water partition coefficient (Wildman–Crippen LogP) is 1.46. The van der Waals surface area contributed by atoms with Crippen LogP contribution in [-0.2, 0) is 38.6 Å². The van der Waals surface area contributed by atoms with Crippen LogP contribution in [0.25, 0.3) is 10.9 Å². The summed E-state index contributed by atoms with van der Waals surface area (Å²) in [7, 11) is 0. The first-order valence-corrected chi connectivity index (χ1v) is 15.0. The molecule has 4 aromatic rings. The zero-order valence-electron chi connectivity index (χ0n) is 24.8. The third kappa shape index (κ3) is 7.87. The number of benzene rings is 3. The second-order valence-electron chi connectivity index (χ2n) is 11.5. The molecule has 0 spiro atoms. The molecule has 4 atom stereocenters. The molecule has 7 N–H and O–H groups in total. The van der Waals surface area contributed by atoms with E-state index in [2.05, 4.69) is 10.6 Å². The number of nitrogens with zero attached hydrogens (tertiary/aromatic N) is 2. The number of fused-ring (bicyclic) bond motifs is 1. The molecule has 0 unspecified atom stereocenters. The first-order valence-electron chi connectivity index (χ1n) is 15.0. The molecular formula is C34H38N6O5. The van der Waals surface area contributed by atoms with Crippen molar-refractivity contribution in [2.24, 2.45) is 17.4 Å². The van der Waals surface area contributed by atoms with E-state index in [1.807, 2.05) is 71.4 Å². The lowest BCUT2D eigenvalue weighted by Gasteiger charge is -2.24. The van der Waals surface area contributed by atoms with E-state index in [4.69, 9.17) is 11.5 Å². The minimum Gasteiger partial charge on any atom is -0.508 e. The number of nitrogens with one attached hydrogen (secondary N) is 2. The largest absolute Gasteiger partial charge is 0.508 e. The number of para-hydroxylation sites is 1. The first kappa shape index (κ1) is 31.3. The number of phenols is 1. The van der Waals surface area contributed by atoms with Crippen LogP contribution in [0.1, 0.15) is 17.5 Å². The van der Waals surface area contributed by atoms with Crippen LogP contribution in [-0.4, -0.2) is 69.4 Å². The number of rotatable bonds is 12. The standard InChI is InChI=1S/C34H38N6O5/c35-27(18-23-10-12-26(41)13-11-23)34(45)40-17-15-25(20-40)32(43)38-29(21-39-16-14-24-8-4-5-9-30(24)39)33(44)37-28(31(36)42)19-22-6-2-1-3-7-22/h1-14,16,25,27-29,41H,15,17-21,35H2,(H2,36,42)(H,37,44)(H,38,43)/t25-,27-,28-,29-/m0/s1. The maximum atomic E-state index is 13.7. The quantitative estimate of drug-likeness (QED) is 0.162. The smallest absolute Gasteiger partial charge is 0.245 e. The number of carbonyl (C=O) groups is 4. The van der Waals surface area contributed by atoms with E-state index in [9.17, 15) is 24.3 Å². The normalized spacial score (nSPS) is 16.6. The number of hydrogen-bond acceptors (Lipinski definition) is 6. The number of primary amides is 1. The summed E-state index contributed by atoms with van der Waals surface area (Å²) in [6, 6.07) is 22.6. The Hall–Kier alpha value is -5.16. The molecule has 1 aliphatic rings. The lowest BCUT2D eigenvalue weighted by atomic mass is 10.0. The van der Waals surface area contributed by atoms with Crippen molar-refractivity contribution in [3.8, 4) is 5.75 Å². The summed E-state index contributed by atoms with van der Waals surface area (Å²) in [6.07, 6.45) is 2.77. The molecule has 2 heterocycles. The number of phenolic OH excluding ortho intramolecular Hbond substituents is 1. The van der Waals surface area contributed by atoms with Crippen molar-refractivity contribution in [3.63, 3.8) is 0 Å². The van der Waals surface area contributed by atoms with Crippen LogP contribution in [0.5, 0.6) is 5.75 Å². The second-order valence-corrected chi connectivity index (χ2v) is 11.5. The Balaban J connectivity index is 1.27. The fourth-order valence-electron chi connectivity index (χ4n) is 5.71. The number of aromatic nitrogens is 1.